The first-order valence-corrected chi connectivity index (χ1v) is 8.59. The van der Waals surface area contributed by atoms with Crippen LogP contribution in [0.4, 0.5) is 4.79 Å². The average Bonchev–Trinajstić information content (AvgIpc) is 2.55. The first-order chi connectivity index (χ1) is 10.6. The van der Waals surface area contributed by atoms with E-state index in [9.17, 15) is 14.7 Å². The maximum absolute atomic E-state index is 12.2. The molecule has 0 aliphatic carbocycles. The summed E-state index contributed by atoms with van der Waals surface area (Å²) in [6, 6.07) is 0.359. The Morgan fingerprint density at radius 1 is 1.22 bits per heavy atom. The molecule has 23 heavy (non-hydrogen) atoms. The van der Waals surface area contributed by atoms with Crippen LogP contribution < -0.4 is 0 Å². The molecule has 0 aromatic carbocycles. The van der Waals surface area contributed by atoms with E-state index < -0.39 is 17.1 Å². The van der Waals surface area contributed by atoms with Crippen LogP contribution in [-0.4, -0.2) is 63.8 Å². The zero-order valence-electron chi connectivity index (χ0n) is 14.8. The van der Waals surface area contributed by atoms with Crippen LogP contribution in [0, 0.1) is 0 Å². The standard InChI is InChI=1S/C17H30N2O4/c1-13-8-6-5-7-9-19(13)17(10-14(20)21)11-18(12-17)15(22)23-16(2,3)4/h13H,5-12H2,1-4H3,(H,20,21). The van der Waals surface area contributed by atoms with Crippen LogP contribution in [0.2, 0.25) is 0 Å². The van der Waals surface area contributed by atoms with E-state index in [-0.39, 0.29) is 12.5 Å². The predicted octanol–water partition coefficient (Wildman–Crippen LogP) is 2.72. The van der Waals surface area contributed by atoms with Crippen LogP contribution in [0.25, 0.3) is 0 Å². The maximum Gasteiger partial charge on any atom is 0.410 e. The molecule has 2 fully saturated rings. The molecule has 1 unspecified atom stereocenters. The van der Waals surface area contributed by atoms with Gasteiger partial charge in [-0.1, -0.05) is 12.8 Å². The fourth-order valence-electron chi connectivity index (χ4n) is 3.78. The van der Waals surface area contributed by atoms with Gasteiger partial charge in [0.1, 0.15) is 5.60 Å². The monoisotopic (exact) mass is 326 g/mol. The van der Waals surface area contributed by atoms with E-state index in [2.05, 4.69) is 11.8 Å². The lowest BCUT2D eigenvalue weighted by Crippen LogP contribution is -2.73. The second-order valence-corrected chi connectivity index (χ2v) is 8.02. The highest BCUT2D eigenvalue weighted by Crippen LogP contribution is 2.36. The SMILES string of the molecule is CC1CCCCCN1C1(CC(=O)O)CN(C(=O)OC(C)(C)C)C1. The molecule has 2 heterocycles. The summed E-state index contributed by atoms with van der Waals surface area (Å²) in [6.07, 6.45) is 4.31. The van der Waals surface area contributed by atoms with Gasteiger partial charge in [-0.15, -0.1) is 0 Å². The zero-order valence-corrected chi connectivity index (χ0v) is 14.8. The summed E-state index contributed by atoms with van der Waals surface area (Å²) in [5.41, 5.74) is -0.968. The van der Waals surface area contributed by atoms with Gasteiger partial charge < -0.3 is 14.7 Å². The molecule has 132 valence electrons. The van der Waals surface area contributed by atoms with Crippen molar-refractivity contribution in [3.63, 3.8) is 0 Å². The molecule has 2 aliphatic heterocycles. The van der Waals surface area contributed by atoms with Crippen LogP contribution in [0.5, 0.6) is 0 Å². The largest absolute Gasteiger partial charge is 0.481 e. The van der Waals surface area contributed by atoms with Gasteiger partial charge in [0.05, 0.1) is 12.0 Å². The van der Waals surface area contributed by atoms with E-state index in [0.717, 1.165) is 19.4 Å². The fourth-order valence-corrected chi connectivity index (χ4v) is 3.78. The summed E-state index contributed by atoms with van der Waals surface area (Å²) in [6.45, 7) is 9.49. The van der Waals surface area contributed by atoms with Crippen molar-refractivity contribution in [3.05, 3.63) is 0 Å². The van der Waals surface area contributed by atoms with E-state index in [1.54, 1.807) is 4.90 Å². The molecular weight excluding hydrogens is 296 g/mol. The number of ether oxygens (including phenoxy) is 1. The van der Waals surface area contributed by atoms with Gasteiger partial charge in [0.2, 0.25) is 0 Å². The van der Waals surface area contributed by atoms with Crippen molar-refractivity contribution < 1.29 is 19.4 Å². The molecule has 2 saturated heterocycles. The maximum atomic E-state index is 12.2. The molecule has 0 aromatic rings. The van der Waals surface area contributed by atoms with Crippen molar-refractivity contribution in [1.82, 2.24) is 9.80 Å². The van der Waals surface area contributed by atoms with Crippen molar-refractivity contribution in [2.75, 3.05) is 19.6 Å². The summed E-state index contributed by atoms with van der Waals surface area (Å²) in [5, 5.41) is 9.35. The molecule has 6 heteroatoms. The van der Waals surface area contributed by atoms with Crippen LogP contribution in [-0.2, 0) is 9.53 Å². The van der Waals surface area contributed by atoms with Gasteiger partial charge in [0.15, 0.2) is 0 Å². The molecule has 0 saturated carbocycles. The normalized spacial score (nSPS) is 25.4. The lowest BCUT2D eigenvalue weighted by atomic mass is 9.83. The van der Waals surface area contributed by atoms with E-state index in [1.165, 1.54) is 12.8 Å². The van der Waals surface area contributed by atoms with Crippen molar-refractivity contribution in [3.8, 4) is 0 Å². The molecule has 2 rings (SSSR count). The highest BCUT2D eigenvalue weighted by Gasteiger charge is 2.52. The fraction of sp³-hybridized carbons (Fsp3) is 0.882. The molecule has 2 aliphatic rings. The number of hydrogen-bond acceptors (Lipinski definition) is 4. The highest BCUT2D eigenvalue weighted by molar-refractivity contribution is 5.73. The summed E-state index contributed by atoms with van der Waals surface area (Å²) in [4.78, 5) is 27.5. The van der Waals surface area contributed by atoms with E-state index >= 15 is 0 Å². The Morgan fingerprint density at radius 3 is 2.43 bits per heavy atom. The minimum Gasteiger partial charge on any atom is -0.481 e. The third-order valence-electron chi connectivity index (χ3n) is 4.76. The summed E-state index contributed by atoms with van der Waals surface area (Å²) < 4.78 is 5.40. The van der Waals surface area contributed by atoms with Gasteiger partial charge in [-0.3, -0.25) is 9.69 Å². The second kappa shape index (κ2) is 6.67. The number of nitrogens with zero attached hydrogens (tertiary/aromatic N) is 2. The van der Waals surface area contributed by atoms with Crippen LogP contribution >= 0.6 is 0 Å². The van der Waals surface area contributed by atoms with E-state index in [1.807, 2.05) is 20.8 Å². The van der Waals surface area contributed by atoms with Crippen molar-refractivity contribution in [1.29, 1.82) is 0 Å². The molecular formula is C17H30N2O4. The number of amides is 1. The number of carboxylic acid groups (broad SMARTS) is 1. The van der Waals surface area contributed by atoms with Gasteiger partial charge in [-0.2, -0.15) is 0 Å². The molecule has 0 radical (unpaired) electrons. The van der Waals surface area contributed by atoms with Crippen molar-refractivity contribution >= 4 is 12.1 Å². The van der Waals surface area contributed by atoms with E-state index in [0.29, 0.717) is 19.1 Å². The van der Waals surface area contributed by atoms with Gasteiger partial charge in [-0.25, -0.2) is 4.79 Å². The first kappa shape index (κ1) is 18.0. The molecule has 0 spiro atoms. The molecule has 0 aromatic heterocycles. The summed E-state index contributed by atoms with van der Waals surface area (Å²) in [5.74, 6) is -0.801. The molecule has 1 N–H and O–H groups in total. The van der Waals surface area contributed by atoms with Crippen molar-refractivity contribution in [2.45, 2.75) is 77.0 Å². The number of carboxylic acids is 1. The summed E-state index contributed by atoms with van der Waals surface area (Å²) in [7, 11) is 0. The Bertz CT molecular complexity index is 452. The highest BCUT2D eigenvalue weighted by atomic mass is 16.6. The van der Waals surface area contributed by atoms with Gasteiger partial charge in [0.25, 0.3) is 0 Å². The molecule has 1 atom stereocenters. The topological polar surface area (TPSA) is 70.1 Å². The Hall–Kier alpha value is -1.30. The minimum atomic E-state index is -0.801. The third-order valence-corrected chi connectivity index (χ3v) is 4.76. The second-order valence-electron chi connectivity index (χ2n) is 8.02. The van der Waals surface area contributed by atoms with Crippen LogP contribution in [0.3, 0.4) is 0 Å². The Labute approximate surface area is 138 Å². The Kier molecular flexibility index (Phi) is 5.23. The minimum absolute atomic E-state index is 0.0800. The summed E-state index contributed by atoms with van der Waals surface area (Å²) >= 11 is 0. The number of carbonyl (C=O) groups is 2. The van der Waals surface area contributed by atoms with Crippen LogP contribution in [0.15, 0.2) is 0 Å². The first-order valence-electron chi connectivity index (χ1n) is 8.59. The number of aliphatic carboxylic acids is 1. The molecule has 1 amide bonds. The van der Waals surface area contributed by atoms with Gasteiger partial charge in [-0.05, 0) is 47.1 Å². The van der Waals surface area contributed by atoms with Crippen molar-refractivity contribution in [2.24, 2.45) is 0 Å². The predicted molar refractivity (Wildman–Crippen MR) is 87.4 cm³/mol. The zero-order chi connectivity index (χ0) is 17.3. The number of carbonyl (C=O) groups excluding carboxylic acids is 1. The Morgan fingerprint density at radius 2 is 1.87 bits per heavy atom. The van der Waals surface area contributed by atoms with Gasteiger partial charge >= 0.3 is 12.1 Å². The number of likely N-dealkylation sites (tertiary alicyclic amines) is 2. The lowest BCUT2D eigenvalue weighted by molar-refractivity contribution is -0.147. The third kappa shape index (κ3) is 4.37. The smallest absolute Gasteiger partial charge is 0.410 e. The lowest BCUT2D eigenvalue weighted by Gasteiger charge is -2.56. The quantitative estimate of drug-likeness (QED) is 0.863. The van der Waals surface area contributed by atoms with Gasteiger partial charge in [0, 0.05) is 19.1 Å². The molecule has 0 bridgehead atoms. The number of rotatable bonds is 3. The van der Waals surface area contributed by atoms with E-state index in [4.69, 9.17) is 4.74 Å². The molecule has 6 nitrogen and oxygen atoms in total. The number of hydrogen-bond donors (Lipinski definition) is 1. The average molecular weight is 326 g/mol. The van der Waals surface area contributed by atoms with Crippen LogP contribution in [0.1, 0.15) is 59.8 Å². The Balaban J connectivity index is 2.08.